The molecule has 336 valence electrons. The van der Waals surface area contributed by atoms with Gasteiger partial charge in [0.25, 0.3) is 11.8 Å². The summed E-state index contributed by atoms with van der Waals surface area (Å²) in [5.41, 5.74) is -4.94. The number of alkyl halides is 6. The van der Waals surface area contributed by atoms with Crippen molar-refractivity contribution in [1.82, 2.24) is 19.8 Å². The highest BCUT2D eigenvalue weighted by molar-refractivity contribution is 8.00. The van der Waals surface area contributed by atoms with Gasteiger partial charge in [0, 0.05) is 49.1 Å². The number of carbonyl (C=O) groups excluding carboxylic acids is 6. The average molecular weight is 941 g/mol. The van der Waals surface area contributed by atoms with Crippen LogP contribution in [0.5, 0.6) is 0 Å². The molecule has 3 N–H and O–H groups in total. The zero-order chi connectivity index (χ0) is 47.2. The first-order valence-electron chi connectivity index (χ1n) is 18.2. The standard InChI is InChI=1S/C20H19F3N4O3S.C18H15ClF3N3O2S.C2H5NO/c1-12(28)25-16-10-13(8-9-24-16)11-26-18(30)27(17(29)19(26,2)3)14-4-6-15(7-5-14)31-20(21,22)23;1-17(2)15(26)25(12-3-5-13(6-4-12)28-18(20,21)22)16(27)24(17)10-11-7-8-23-14(19)9-11;1-2(3)4/h4-10H,11H2,1-3H3,(H,24,25,28);3-9H,10H2,1-2H3;1H3,(H2,3,4). The van der Waals surface area contributed by atoms with Crippen LogP contribution in [0.2, 0.25) is 5.15 Å². The van der Waals surface area contributed by atoms with E-state index in [1.54, 1.807) is 52.0 Å². The van der Waals surface area contributed by atoms with E-state index in [0.29, 0.717) is 16.9 Å². The van der Waals surface area contributed by atoms with Crippen LogP contribution in [0.3, 0.4) is 0 Å². The molecule has 2 fully saturated rings. The third-order valence-electron chi connectivity index (χ3n) is 8.90. The van der Waals surface area contributed by atoms with Gasteiger partial charge in [0.2, 0.25) is 11.8 Å². The lowest BCUT2D eigenvalue weighted by molar-refractivity contribution is -0.124. The number of aromatic nitrogens is 2. The highest BCUT2D eigenvalue weighted by Crippen LogP contribution is 2.40. The molecule has 23 heteroatoms. The lowest BCUT2D eigenvalue weighted by atomic mass is 10.0. The predicted molar refractivity (Wildman–Crippen MR) is 224 cm³/mol. The number of urea groups is 2. The highest BCUT2D eigenvalue weighted by atomic mass is 35.5. The van der Waals surface area contributed by atoms with Crippen molar-refractivity contribution in [2.45, 2.75) is 86.5 Å². The Bertz CT molecular complexity index is 2370. The maximum atomic E-state index is 13.1. The number of benzene rings is 2. The molecule has 0 radical (unpaired) electrons. The van der Waals surface area contributed by atoms with Crippen molar-refractivity contribution < 1.29 is 55.1 Å². The number of anilines is 3. The monoisotopic (exact) mass is 940 g/mol. The Morgan fingerprint density at radius 1 is 0.667 bits per heavy atom. The van der Waals surface area contributed by atoms with Crippen LogP contribution in [-0.2, 0) is 32.3 Å². The van der Waals surface area contributed by atoms with E-state index in [2.05, 4.69) is 21.0 Å². The van der Waals surface area contributed by atoms with E-state index in [4.69, 9.17) is 11.6 Å². The zero-order valence-corrected chi connectivity index (χ0v) is 36.6. The fourth-order valence-electron chi connectivity index (χ4n) is 5.98. The fraction of sp³-hybridized carbons (Fsp3) is 0.300. The molecule has 2 aliphatic rings. The van der Waals surface area contributed by atoms with E-state index < -0.39 is 46.0 Å². The molecule has 6 rings (SSSR count). The van der Waals surface area contributed by atoms with Crippen molar-refractivity contribution in [3.63, 3.8) is 0 Å². The molecule has 14 nitrogen and oxygen atoms in total. The van der Waals surface area contributed by atoms with Crippen molar-refractivity contribution in [2.24, 2.45) is 5.73 Å². The van der Waals surface area contributed by atoms with Crippen LogP contribution in [0, 0.1) is 0 Å². The Hall–Kier alpha value is -5.87. The van der Waals surface area contributed by atoms with Gasteiger partial charge in [-0.3, -0.25) is 19.2 Å². The number of nitrogens with one attached hydrogen (secondary N) is 1. The molecule has 0 saturated carbocycles. The van der Waals surface area contributed by atoms with Gasteiger partial charge < -0.3 is 20.9 Å². The maximum absolute atomic E-state index is 13.1. The summed E-state index contributed by atoms with van der Waals surface area (Å²) >= 11 is 5.34. The van der Waals surface area contributed by atoms with Gasteiger partial charge in [-0.2, -0.15) is 26.3 Å². The number of carbonyl (C=O) groups is 6. The molecular weight excluding hydrogens is 902 g/mol. The molecule has 63 heavy (non-hydrogen) atoms. The summed E-state index contributed by atoms with van der Waals surface area (Å²) in [6.45, 7) is 9.28. The lowest BCUT2D eigenvalue weighted by Gasteiger charge is -2.27. The molecule has 2 saturated heterocycles. The van der Waals surface area contributed by atoms with Crippen molar-refractivity contribution >= 4 is 88.0 Å². The Balaban J connectivity index is 0.000000256. The van der Waals surface area contributed by atoms with E-state index in [1.165, 1.54) is 84.6 Å². The number of thioether (sulfide) groups is 2. The third kappa shape index (κ3) is 13.1. The number of hydrogen-bond acceptors (Lipinski definition) is 10. The van der Waals surface area contributed by atoms with Gasteiger partial charge in [-0.15, -0.1) is 0 Å². The molecule has 8 amide bonds. The van der Waals surface area contributed by atoms with E-state index in [9.17, 15) is 55.1 Å². The first kappa shape index (κ1) is 49.8. The Morgan fingerprint density at radius 3 is 1.38 bits per heavy atom. The van der Waals surface area contributed by atoms with E-state index in [-0.39, 0.29) is 74.7 Å². The quantitative estimate of drug-likeness (QED) is 0.0712. The number of imide groups is 2. The summed E-state index contributed by atoms with van der Waals surface area (Å²) in [6, 6.07) is 15.5. The second-order valence-electron chi connectivity index (χ2n) is 14.5. The molecule has 0 spiro atoms. The summed E-state index contributed by atoms with van der Waals surface area (Å²) in [7, 11) is 0. The Morgan fingerprint density at radius 2 is 1.03 bits per heavy atom. The van der Waals surface area contributed by atoms with Crippen molar-refractivity contribution in [1.29, 1.82) is 0 Å². The van der Waals surface area contributed by atoms with Crippen LogP contribution >= 0.6 is 35.1 Å². The number of rotatable bonds is 9. The number of amides is 8. The van der Waals surface area contributed by atoms with Gasteiger partial charge >= 0.3 is 23.1 Å². The van der Waals surface area contributed by atoms with Gasteiger partial charge in [-0.25, -0.2) is 29.4 Å². The maximum Gasteiger partial charge on any atom is 0.446 e. The molecule has 4 aromatic rings. The number of primary amides is 1. The molecule has 2 aliphatic heterocycles. The minimum atomic E-state index is -4.43. The zero-order valence-electron chi connectivity index (χ0n) is 34.2. The van der Waals surface area contributed by atoms with Crippen LogP contribution < -0.4 is 20.9 Å². The highest BCUT2D eigenvalue weighted by Gasteiger charge is 2.53. The Kier molecular flexibility index (Phi) is 15.5. The van der Waals surface area contributed by atoms with Crippen LogP contribution in [0.1, 0.15) is 52.7 Å². The van der Waals surface area contributed by atoms with Crippen molar-refractivity contribution in [2.75, 3.05) is 15.1 Å². The summed E-state index contributed by atoms with van der Waals surface area (Å²) in [5, 5.41) is 2.82. The minimum absolute atomic E-state index is 0.0297. The normalized spacial score (nSPS) is 15.8. The minimum Gasteiger partial charge on any atom is -0.370 e. The van der Waals surface area contributed by atoms with Gasteiger partial charge in [0.1, 0.15) is 22.0 Å². The summed E-state index contributed by atoms with van der Waals surface area (Å²) in [6.07, 6.45) is 2.98. The van der Waals surface area contributed by atoms with Crippen LogP contribution in [0.15, 0.2) is 95.0 Å². The molecule has 4 heterocycles. The second-order valence-corrected chi connectivity index (χ2v) is 17.2. The van der Waals surface area contributed by atoms with Gasteiger partial charge in [0.05, 0.1) is 11.4 Å². The number of nitrogens with zero attached hydrogens (tertiary/aromatic N) is 6. The van der Waals surface area contributed by atoms with Gasteiger partial charge in [0.15, 0.2) is 0 Å². The fourth-order valence-corrected chi connectivity index (χ4v) is 7.25. The van der Waals surface area contributed by atoms with Crippen LogP contribution in [-0.4, -0.2) is 77.6 Å². The molecule has 0 atom stereocenters. The van der Waals surface area contributed by atoms with Crippen molar-refractivity contribution in [3.05, 3.63) is 101 Å². The molecular formula is C40H39ClF6N8O6S2. The first-order chi connectivity index (χ1) is 29.1. The van der Waals surface area contributed by atoms with Crippen LogP contribution in [0.4, 0.5) is 53.1 Å². The summed E-state index contributed by atoms with van der Waals surface area (Å²) < 4.78 is 75.0. The summed E-state index contributed by atoms with van der Waals surface area (Å²) in [4.78, 5) is 84.8. The van der Waals surface area contributed by atoms with Gasteiger partial charge in [-0.05, 0) is 135 Å². The van der Waals surface area contributed by atoms with Crippen LogP contribution in [0.25, 0.3) is 0 Å². The Labute approximate surface area is 370 Å². The smallest absolute Gasteiger partial charge is 0.370 e. The topological polar surface area (TPSA) is 179 Å². The molecule has 2 aromatic heterocycles. The number of pyridine rings is 2. The van der Waals surface area contributed by atoms with Crippen molar-refractivity contribution in [3.8, 4) is 0 Å². The second kappa shape index (κ2) is 19.7. The third-order valence-corrected chi connectivity index (χ3v) is 10.6. The molecule has 0 unspecified atom stereocenters. The average Bonchev–Trinajstić information content (AvgIpc) is 3.42. The predicted octanol–water partition coefficient (Wildman–Crippen LogP) is 8.99. The van der Waals surface area contributed by atoms with E-state index in [0.717, 1.165) is 9.80 Å². The number of hydrogen-bond donors (Lipinski definition) is 2. The largest absolute Gasteiger partial charge is 0.446 e. The number of nitrogens with two attached hydrogens (primary N) is 1. The summed E-state index contributed by atoms with van der Waals surface area (Å²) in [5.74, 6) is -1.27. The first-order valence-corrected chi connectivity index (χ1v) is 20.2. The molecule has 0 bridgehead atoms. The molecule has 0 aliphatic carbocycles. The van der Waals surface area contributed by atoms with E-state index >= 15 is 0 Å². The van der Waals surface area contributed by atoms with Gasteiger partial charge in [-0.1, -0.05) is 11.6 Å². The lowest BCUT2D eigenvalue weighted by Crippen LogP contribution is -2.43. The number of halogens is 7. The van der Waals surface area contributed by atoms with E-state index in [1.807, 2.05) is 0 Å². The molecule has 2 aromatic carbocycles. The SMILES string of the molecule is CC(=O)Nc1cc(CN2C(=O)N(c3ccc(SC(F)(F)F)cc3)C(=O)C2(C)C)ccn1.CC(N)=O.CC1(C)C(=O)N(c2ccc(SC(F)(F)F)cc2)C(=O)N1Cc1ccnc(Cl)c1.